The zero-order valence-corrected chi connectivity index (χ0v) is 12.2. The molecule has 0 spiro atoms. The van der Waals surface area contributed by atoms with E-state index in [9.17, 15) is 9.90 Å². The second kappa shape index (κ2) is 7.62. The fourth-order valence-corrected chi connectivity index (χ4v) is 2.86. The Labute approximate surface area is 124 Å². The summed E-state index contributed by atoms with van der Waals surface area (Å²) in [6, 6.07) is 7.04. The Morgan fingerprint density at radius 1 is 1.25 bits per heavy atom. The molecule has 0 bridgehead atoms. The van der Waals surface area contributed by atoms with Crippen molar-refractivity contribution in [3.05, 3.63) is 29.3 Å². The van der Waals surface area contributed by atoms with E-state index in [1.165, 1.54) is 6.42 Å². The van der Waals surface area contributed by atoms with Crippen LogP contribution in [0, 0.1) is 11.8 Å². The summed E-state index contributed by atoms with van der Waals surface area (Å²) in [5.41, 5.74) is 0.746. The van der Waals surface area contributed by atoms with E-state index in [0.29, 0.717) is 16.9 Å². The van der Waals surface area contributed by atoms with E-state index in [0.717, 1.165) is 25.1 Å². The summed E-state index contributed by atoms with van der Waals surface area (Å²) in [6.45, 7) is 1.33. The number of hydrogen-bond acceptors (Lipinski definition) is 3. The largest absolute Gasteiger partial charge is 0.396 e. The first-order valence-electron chi connectivity index (χ1n) is 7.06. The number of halogens is 1. The third kappa shape index (κ3) is 4.47. The van der Waals surface area contributed by atoms with Crippen molar-refractivity contribution in [1.29, 1.82) is 0 Å². The summed E-state index contributed by atoms with van der Waals surface area (Å²) >= 11 is 5.79. The molecule has 0 radical (unpaired) electrons. The van der Waals surface area contributed by atoms with Crippen molar-refractivity contribution < 1.29 is 9.90 Å². The molecular weight excluding hydrogens is 276 g/mol. The summed E-state index contributed by atoms with van der Waals surface area (Å²) in [5, 5.41) is 15.9. The third-order valence-electron chi connectivity index (χ3n) is 3.87. The van der Waals surface area contributed by atoms with Gasteiger partial charge in [0.15, 0.2) is 0 Å². The molecule has 110 valence electrons. The number of amides is 1. The van der Waals surface area contributed by atoms with Crippen molar-refractivity contribution in [3.8, 4) is 0 Å². The van der Waals surface area contributed by atoms with Crippen molar-refractivity contribution in [2.24, 2.45) is 11.8 Å². The molecular formula is C15H21ClN2O2. The lowest BCUT2D eigenvalue weighted by molar-refractivity contribution is -0.115. The second-order valence-electron chi connectivity index (χ2n) is 5.32. The Balaban J connectivity index is 1.69. The van der Waals surface area contributed by atoms with E-state index < -0.39 is 0 Å². The number of aliphatic hydroxyl groups is 1. The third-order valence-corrected chi connectivity index (χ3v) is 4.12. The Hall–Kier alpha value is -1.10. The molecule has 2 rings (SSSR count). The van der Waals surface area contributed by atoms with Gasteiger partial charge in [-0.1, -0.05) is 18.0 Å². The molecule has 2 atom stereocenters. The quantitative estimate of drug-likeness (QED) is 0.755. The lowest BCUT2D eigenvalue weighted by Gasteiger charge is -2.17. The highest BCUT2D eigenvalue weighted by atomic mass is 35.5. The van der Waals surface area contributed by atoms with Crippen LogP contribution in [-0.4, -0.2) is 30.7 Å². The second-order valence-corrected chi connectivity index (χ2v) is 5.76. The van der Waals surface area contributed by atoms with Gasteiger partial charge in [-0.2, -0.15) is 0 Å². The smallest absolute Gasteiger partial charge is 0.238 e. The first-order valence-corrected chi connectivity index (χ1v) is 7.44. The van der Waals surface area contributed by atoms with Crippen LogP contribution < -0.4 is 10.6 Å². The molecule has 1 aliphatic carbocycles. The highest BCUT2D eigenvalue weighted by Crippen LogP contribution is 2.30. The maximum atomic E-state index is 11.8. The fraction of sp³-hybridized carbons (Fsp3) is 0.533. The number of anilines is 1. The molecule has 0 aliphatic heterocycles. The van der Waals surface area contributed by atoms with Gasteiger partial charge >= 0.3 is 0 Å². The van der Waals surface area contributed by atoms with Gasteiger partial charge in [-0.25, -0.2) is 0 Å². The van der Waals surface area contributed by atoms with Gasteiger partial charge in [0.1, 0.15) is 0 Å². The topological polar surface area (TPSA) is 61.4 Å². The van der Waals surface area contributed by atoms with Gasteiger partial charge in [0.05, 0.1) is 6.54 Å². The molecule has 0 aromatic heterocycles. The van der Waals surface area contributed by atoms with Crippen molar-refractivity contribution in [3.63, 3.8) is 0 Å². The lowest BCUT2D eigenvalue weighted by atomic mass is 9.97. The minimum Gasteiger partial charge on any atom is -0.396 e. The van der Waals surface area contributed by atoms with Gasteiger partial charge in [0.25, 0.3) is 0 Å². The maximum Gasteiger partial charge on any atom is 0.238 e. The highest BCUT2D eigenvalue weighted by Gasteiger charge is 2.26. The van der Waals surface area contributed by atoms with Crippen LogP contribution in [0.4, 0.5) is 5.69 Å². The number of rotatable bonds is 6. The van der Waals surface area contributed by atoms with E-state index in [4.69, 9.17) is 11.6 Å². The van der Waals surface area contributed by atoms with Crippen LogP contribution in [0.1, 0.15) is 19.3 Å². The fourth-order valence-electron chi connectivity index (χ4n) is 2.73. The Kier molecular flexibility index (Phi) is 5.83. The highest BCUT2D eigenvalue weighted by molar-refractivity contribution is 6.30. The average molecular weight is 297 g/mol. The zero-order valence-electron chi connectivity index (χ0n) is 11.4. The Bertz CT molecular complexity index is 436. The monoisotopic (exact) mass is 296 g/mol. The molecule has 0 saturated heterocycles. The summed E-state index contributed by atoms with van der Waals surface area (Å²) < 4.78 is 0. The van der Waals surface area contributed by atoms with Crippen molar-refractivity contribution >= 4 is 23.2 Å². The SMILES string of the molecule is O=C(CNCC1CCCC1CO)Nc1ccc(Cl)cc1. The van der Waals surface area contributed by atoms with E-state index in [1.54, 1.807) is 24.3 Å². The van der Waals surface area contributed by atoms with E-state index in [1.807, 2.05) is 0 Å². The summed E-state index contributed by atoms with van der Waals surface area (Å²) in [4.78, 5) is 11.8. The zero-order chi connectivity index (χ0) is 14.4. The van der Waals surface area contributed by atoms with Crippen LogP contribution in [-0.2, 0) is 4.79 Å². The lowest BCUT2D eigenvalue weighted by Crippen LogP contribution is -2.33. The van der Waals surface area contributed by atoms with Gasteiger partial charge < -0.3 is 15.7 Å². The molecule has 0 heterocycles. The first kappa shape index (κ1) is 15.3. The molecule has 1 aromatic rings. The van der Waals surface area contributed by atoms with Gasteiger partial charge in [-0.15, -0.1) is 0 Å². The molecule has 5 heteroatoms. The molecule has 1 fully saturated rings. The van der Waals surface area contributed by atoms with E-state index >= 15 is 0 Å². The molecule has 3 N–H and O–H groups in total. The number of carbonyl (C=O) groups excluding carboxylic acids is 1. The number of aliphatic hydroxyl groups excluding tert-OH is 1. The van der Waals surface area contributed by atoms with E-state index in [-0.39, 0.29) is 19.1 Å². The van der Waals surface area contributed by atoms with Gasteiger partial charge in [0, 0.05) is 17.3 Å². The number of hydrogen-bond donors (Lipinski definition) is 3. The predicted octanol–water partition coefficient (Wildman–Crippen LogP) is 2.28. The first-order chi connectivity index (χ1) is 9.69. The molecule has 1 aliphatic rings. The van der Waals surface area contributed by atoms with Gasteiger partial charge in [-0.3, -0.25) is 4.79 Å². The van der Waals surface area contributed by atoms with Crippen molar-refractivity contribution in [2.45, 2.75) is 19.3 Å². The van der Waals surface area contributed by atoms with Crippen molar-refractivity contribution in [2.75, 3.05) is 25.0 Å². The molecule has 1 saturated carbocycles. The van der Waals surface area contributed by atoms with Crippen molar-refractivity contribution in [1.82, 2.24) is 5.32 Å². The summed E-state index contributed by atoms with van der Waals surface area (Å²) in [6.07, 6.45) is 3.41. The number of benzene rings is 1. The van der Waals surface area contributed by atoms with Crippen LogP contribution in [0.3, 0.4) is 0 Å². The van der Waals surface area contributed by atoms with Gasteiger partial charge in [-0.05, 0) is 55.5 Å². The molecule has 4 nitrogen and oxygen atoms in total. The minimum absolute atomic E-state index is 0.0640. The van der Waals surface area contributed by atoms with Crippen LogP contribution >= 0.6 is 11.6 Å². The van der Waals surface area contributed by atoms with Gasteiger partial charge in [0.2, 0.25) is 5.91 Å². The van der Waals surface area contributed by atoms with Crippen LogP contribution in [0.2, 0.25) is 5.02 Å². The molecule has 20 heavy (non-hydrogen) atoms. The molecule has 1 aromatic carbocycles. The van der Waals surface area contributed by atoms with Crippen LogP contribution in [0.15, 0.2) is 24.3 Å². The summed E-state index contributed by atoms with van der Waals surface area (Å²) in [5.74, 6) is 0.816. The standard InChI is InChI=1S/C15H21ClN2O2/c16-13-4-6-14(7-5-13)18-15(20)9-17-8-11-2-1-3-12(11)10-19/h4-7,11-12,17,19H,1-3,8-10H2,(H,18,20). The summed E-state index contributed by atoms with van der Waals surface area (Å²) in [7, 11) is 0. The normalized spacial score (nSPS) is 21.9. The number of nitrogens with one attached hydrogen (secondary N) is 2. The Morgan fingerprint density at radius 2 is 1.95 bits per heavy atom. The number of carbonyl (C=O) groups is 1. The molecule has 1 amide bonds. The van der Waals surface area contributed by atoms with E-state index in [2.05, 4.69) is 10.6 Å². The maximum absolute atomic E-state index is 11.8. The predicted molar refractivity (Wildman–Crippen MR) is 80.9 cm³/mol. The minimum atomic E-state index is -0.0640. The Morgan fingerprint density at radius 3 is 2.65 bits per heavy atom. The van der Waals surface area contributed by atoms with Crippen LogP contribution in [0.5, 0.6) is 0 Å². The van der Waals surface area contributed by atoms with Crippen LogP contribution in [0.25, 0.3) is 0 Å². The molecule has 2 unspecified atom stereocenters. The average Bonchev–Trinajstić information content (AvgIpc) is 2.89.